The number of benzene rings is 2. The van der Waals surface area contributed by atoms with Crippen LogP contribution in [-0.4, -0.2) is 28.7 Å². The number of carbonyl (C=O) groups excluding carboxylic acids is 2. The number of esters is 1. The lowest BCUT2D eigenvalue weighted by atomic mass is 10.1. The van der Waals surface area contributed by atoms with E-state index < -0.39 is 11.9 Å². The molecule has 0 fully saturated rings. The van der Waals surface area contributed by atoms with E-state index in [9.17, 15) is 9.59 Å². The van der Waals surface area contributed by atoms with Gasteiger partial charge in [-0.2, -0.15) is 5.10 Å². The first kappa shape index (κ1) is 18.8. The van der Waals surface area contributed by atoms with Gasteiger partial charge in [-0.25, -0.2) is 4.79 Å². The number of ether oxygens (including phenoxy) is 1. The fraction of sp³-hybridized carbons (Fsp3) is 0.150. The lowest BCUT2D eigenvalue weighted by Crippen LogP contribution is -2.22. The molecule has 27 heavy (non-hydrogen) atoms. The molecule has 0 aliphatic rings. The highest BCUT2D eigenvalue weighted by Crippen LogP contribution is 2.21. The number of rotatable bonds is 5. The SMILES string of the molecule is Cc1cccc(C)c1NC(=O)COC(=O)c1cc(-c2ccc(Br)cc2)n[nH]1. The molecule has 0 bridgehead atoms. The minimum Gasteiger partial charge on any atom is -0.451 e. The summed E-state index contributed by atoms with van der Waals surface area (Å²) >= 11 is 3.37. The van der Waals surface area contributed by atoms with Crippen LogP contribution in [0.25, 0.3) is 11.3 Å². The summed E-state index contributed by atoms with van der Waals surface area (Å²) in [6.07, 6.45) is 0. The number of aromatic amines is 1. The van der Waals surface area contributed by atoms with Gasteiger partial charge in [-0.1, -0.05) is 46.3 Å². The van der Waals surface area contributed by atoms with Gasteiger partial charge in [-0.05, 0) is 43.2 Å². The number of para-hydroxylation sites is 1. The number of nitrogens with one attached hydrogen (secondary N) is 2. The van der Waals surface area contributed by atoms with Crippen molar-refractivity contribution < 1.29 is 14.3 Å². The summed E-state index contributed by atoms with van der Waals surface area (Å²) in [4.78, 5) is 24.2. The highest BCUT2D eigenvalue weighted by Gasteiger charge is 2.15. The second-order valence-electron chi connectivity index (χ2n) is 6.06. The smallest absolute Gasteiger partial charge is 0.356 e. The Hall–Kier alpha value is -2.93. The van der Waals surface area contributed by atoms with Crippen LogP contribution in [0.1, 0.15) is 21.6 Å². The summed E-state index contributed by atoms with van der Waals surface area (Å²) in [7, 11) is 0. The third-order valence-electron chi connectivity index (χ3n) is 4.02. The number of anilines is 1. The summed E-state index contributed by atoms with van der Waals surface area (Å²) < 4.78 is 6.04. The van der Waals surface area contributed by atoms with Gasteiger partial charge in [0.15, 0.2) is 6.61 Å². The lowest BCUT2D eigenvalue weighted by molar-refractivity contribution is -0.119. The molecular formula is C20H18BrN3O3. The number of hydrogen-bond acceptors (Lipinski definition) is 4. The lowest BCUT2D eigenvalue weighted by Gasteiger charge is -2.11. The third kappa shape index (κ3) is 4.62. The molecule has 0 saturated carbocycles. The minimum atomic E-state index is -0.637. The number of aromatic nitrogens is 2. The van der Waals surface area contributed by atoms with Gasteiger partial charge < -0.3 is 10.1 Å². The van der Waals surface area contributed by atoms with Crippen LogP contribution in [0.4, 0.5) is 5.69 Å². The van der Waals surface area contributed by atoms with E-state index in [0.717, 1.165) is 26.9 Å². The van der Waals surface area contributed by atoms with E-state index in [2.05, 4.69) is 31.4 Å². The highest BCUT2D eigenvalue weighted by molar-refractivity contribution is 9.10. The van der Waals surface area contributed by atoms with E-state index >= 15 is 0 Å². The molecule has 6 nitrogen and oxygen atoms in total. The van der Waals surface area contributed by atoms with Gasteiger partial charge in [0.25, 0.3) is 5.91 Å². The molecule has 2 N–H and O–H groups in total. The third-order valence-corrected chi connectivity index (χ3v) is 4.55. The number of halogens is 1. The van der Waals surface area contributed by atoms with Crippen molar-refractivity contribution >= 4 is 33.5 Å². The van der Waals surface area contributed by atoms with Crippen LogP contribution >= 0.6 is 15.9 Å². The fourth-order valence-corrected chi connectivity index (χ4v) is 2.86. The number of hydrogen-bond donors (Lipinski definition) is 2. The van der Waals surface area contributed by atoms with Gasteiger partial charge >= 0.3 is 5.97 Å². The zero-order valence-corrected chi connectivity index (χ0v) is 16.5. The van der Waals surface area contributed by atoms with Crippen LogP contribution in [0.3, 0.4) is 0 Å². The molecule has 0 spiro atoms. The number of carbonyl (C=O) groups is 2. The molecule has 0 atom stereocenters. The Kier molecular flexibility index (Phi) is 5.71. The van der Waals surface area contributed by atoms with Crippen molar-refractivity contribution in [1.82, 2.24) is 10.2 Å². The zero-order valence-electron chi connectivity index (χ0n) is 14.9. The van der Waals surface area contributed by atoms with E-state index in [1.54, 1.807) is 6.07 Å². The van der Waals surface area contributed by atoms with Crippen LogP contribution in [0, 0.1) is 13.8 Å². The van der Waals surface area contributed by atoms with Gasteiger partial charge in [-0.15, -0.1) is 0 Å². The van der Waals surface area contributed by atoms with E-state index in [-0.39, 0.29) is 12.3 Å². The maximum atomic E-state index is 12.2. The van der Waals surface area contributed by atoms with Crippen molar-refractivity contribution in [3.05, 3.63) is 69.8 Å². The summed E-state index contributed by atoms with van der Waals surface area (Å²) in [5.74, 6) is -1.03. The van der Waals surface area contributed by atoms with Gasteiger partial charge in [0.2, 0.25) is 0 Å². The quantitative estimate of drug-likeness (QED) is 0.595. The Labute approximate surface area is 165 Å². The molecule has 0 radical (unpaired) electrons. The molecule has 0 unspecified atom stereocenters. The topological polar surface area (TPSA) is 84.1 Å². The van der Waals surface area contributed by atoms with Crippen LogP contribution in [0.15, 0.2) is 53.0 Å². The van der Waals surface area contributed by atoms with E-state index in [4.69, 9.17) is 4.74 Å². The number of aryl methyl sites for hydroxylation is 2. The fourth-order valence-electron chi connectivity index (χ4n) is 2.59. The number of H-pyrrole nitrogens is 1. The normalized spacial score (nSPS) is 10.5. The van der Waals surface area contributed by atoms with Crippen LogP contribution in [0.2, 0.25) is 0 Å². The maximum absolute atomic E-state index is 12.2. The molecule has 1 aromatic heterocycles. The van der Waals surface area contributed by atoms with Crippen molar-refractivity contribution in [2.75, 3.05) is 11.9 Å². The number of nitrogens with zero attached hydrogens (tertiary/aromatic N) is 1. The second kappa shape index (κ2) is 8.18. The van der Waals surface area contributed by atoms with Gasteiger partial charge in [-0.3, -0.25) is 9.89 Å². The standard InChI is InChI=1S/C20H18BrN3O3/c1-12-4-3-5-13(2)19(12)22-18(25)11-27-20(26)17-10-16(23-24-17)14-6-8-15(21)9-7-14/h3-10H,11H2,1-2H3,(H,22,25)(H,23,24). The first-order chi connectivity index (χ1) is 12.9. The Morgan fingerprint density at radius 2 is 1.78 bits per heavy atom. The summed E-state index contributed by atoms with van der Waals surface area (Å²) in [5.41, 5.74) is 4.30. The van der Waals surface area contributed by atoms with E-state index in [0.29, 0.717) is 5.69 Å². The van der Waals surface area contributed by atoms with E-state index in [1.165, 1.54) is 0 Å². The van der Waals surface area contributed by atoms with Crippen molar-refractivity contribution in [2.45, 2.75) is 13.8 Å². The summed E-state index contributed by atoms with van der Waals surface area (Å²) in [6.45, 7) is 3.44. The van der Waals surface area contributed by atoms with Crippen molar-refractivity contribution in [3.63, 3.8) is 0 Å². The molecule has 1 amide bonds. The maximum Gasteiger partial charge on any atom is 0.356 e. The van der Waals surface area contributed by atoms with Crippen LogP contribution < -0.4 is 5.32 Å². The Bertz CT molecular complexity index is 960. The molecule has 2 aromatic carbocycles. The average molecular weight is 428 g/mol. The highest BCUT2D eigenvalue weighted by atomic mass is 79.9. The summed E-state index contributed by atoms with van der Waals surface area (Å²) in [5, 5.41) is 9.53. The average Bonchev–Trinajstić information content (AvgIpc) is 3.14. The Balaban J connectivity index is 1.59. The predicted octanol–water partition coefficient (Wildman–Crippen LogP) is 4.25. The predicted molar refractivity (Wildman–Crippen MR) is 107 cm³/mol. The van der Waals surface area contributed by atoms with E-state index in [1.807, 2.05) is 56.3 Å². The monoisotopic (exact) mass is 427 g/mol. The molecular weight excluding hydrogens is 410 g/mol. The molecule has 7 heteroatoms. The van der Waals surface area contributed by atoms with Crippen LogP contribution in [0.5, 0.6) is 0 Å². The number of amides is 1. The van der Waals surface area contributed by atoms with Crippen molar-refractivity contribution in [2.24, 2.45) is 0 Å². The van der Waals surface area contributed by atoms with Crippen LogP contribution in [-0.2, 0) is 9.53 Å². The first-order valence-corrected chi connectivity index (χ1v) is 9.08. The molecule has 138 valence electrons. The van der Waals surface area contributed by atoms with Gasteiger partial charge in [0, 0.05) is 15.7 Å². The molecule has 3 aromatic rings. The second-order valence-corrected chi connectivity index (χ2v) is 6.98. The Morgan fingerprint density at radius 3 is 2.44 bits per heavy atom. The zero-order chi connectivity index (χ0) is 19.4. The largest absolute Gasteiger partial charge is 0.451 e. The molecule has 0 aliphatic heterocycles. The molecule has 3 rings (SSSR count). The van der Waals surface area contributed by atoms with Gasteiger partial charge in [0.1, 0.15) is 5.69 Å². The molecule has 0 aliphatic carbocycles. The Morgan fingerprint density at radius 1 is 1.11 bits per heavy atom. The molecule has 0 saturated heterocycles. The van der Waals surface area contributed by atoms with Gasteiger partial charge in [0.05, 0.1) is 5.69 Å². The molecule has 1 heterocycles. The first-order valence-electron chi connectivity index (χ1n) is 8.28. The van der Waals surface area contributed by atoms with Crippen molar-refractivity contribution in [1.29, 1.82) is 0 Å². The minimum absolute atomic E-state index is 0.188. The van der Waals surface area contributed by atoms with Crippen molar-refractivity contribution in [3.8, 4) is 11.3 Å². The summed E-state index contributed by atoms with van der Waals surface area (Å²) in [6, 6.07) is 14.9.